The Balaban J connectivity index is 2.29. The summed E-state index contributed by atoms with van der Waals surface area (Å²) >= 11 is 0.717. The Morgan fingerprint density at radius 3 is 2.60 bits per heavy atom. The molecule has 8 nitrogen and oxygen atoms in total. The number of nitrogen functional groups attached to an aromatic ring is 1. The molecule has 2 rings (SSSR count). The molecule has 0 saturated carbocycles. The van der Waals surface area contributed by atoms with Crippen molar-refractivity contribution in [3.63, 3.8) is 0 Å². The van der Waals surface area contributed by atoms with Crippen molar-refractivity contribution >= 4 is 32.0 Å². The predicted molar refractivity (Wildman–Crippen MR) is 74.2 cm³/mol. The number of thiophene rings is 1. The average Bonchev–Trinajstić information content (AvgIpc) is 2.82. The fourth-order valence-corrected chi connectivity index (χ4v) is 4.85. The summed E-state index contributed by atoms with van der Waals surface area (Å²) in [5.41, 5.74) is 5.12. The van der Waals surface area contributed by atoms with Gasteiger partial charge >= 0.3 is 5.69 Å². The van der Waals surface area contributed by atoms with Gasteiger partial charge in [0, 0.05) is 32.4 Å². The van der Waals surface area contributed by atoms with E-state index in [2.05, 4.69) is 0 Å². The minimum Gasteiger partial charge on any atom is -0.385 e. The van der Waals surface area contributed by atoms with Crippen LogP contribution < -0.4 is 5.73 Å². The molecule has 0 bridgehead atoms. The van der Waals surface area contributed by atoms with E-state index >= 15 is 0 Å². The van der Waals surface area contributed by atoms with Crippen LogP contribution >= 0.6 is 11.3 Å². The van der Waals surface area contributed by atoms with Gasteiger partial charge in [0.05, 0.1) is 4.92 Å². The molecule has 10 heteroatoms. The van der Waals surface area contributed by atoms with Gasteiger partial charge in [0.1, 0.15) is 4.21 Å². The average molecular weight is 321 g/mol. The molecule has 112 valence electrons. The first-order valence-corrected chi connectivity index (χ1v) is 8.19. The van der Waals surface area contributed by atoms with Crippen molar-refractivity contribution in [3.05, 3.63) is 16.2 Å². The second-order valence-electron chi connectivity index (χ2n) is 4.44. The summed E-state index contributed by atoms with van der Waals surface area (Å²) in [4.78, 5) is 10.1. The Labute approximate surface area is 120 Å². The summed E-state index contributed by atoms with van der Waals surface area (Å²) in [5, 5.41) is 10.6. The number of anilines is 1. The van der Waals surface area contributed by atoms with Crippen LogP contribution in [-0.2, 0) is 14.8 Å². The summed E-state index contributed by atoms with van der Waals surface area (Å²) < 4.78 is 31.2. The van der Waals surface area contributed by atoms with Crippen LogP contribution in [0.15, 0.2) is 10.3 Å². The van der Waals surface area contributed by atoms with Crippen molar-refractivity contribution in [1.29, 1.82) is 0 Å². The number of rotatable bonds is 4. The van der Waals surface area contributed by atoms with Gasteiger partial charge < -0.3 is 10.5 Å². The fraction of sp³-hybridized carbons (Fsp3) is 0.600. The second-order valence-corrected chi connectivity index (χ2v) is 7.74. The van der Waals surface area contributed by atoms with E-state index in [-0.39, 0.29) is 20.9 Å². The molecule has 1 aliphatic rings. The Bertz CT molecular complexity index is 606. The maximum atomic E-state index is 12.4. The maximum absolute atomic E-state index is 12.4. The third-order valence-electron chi connectivity index (χ3n) is 3.25. The van der Waals surface area contributed by atoms with Gasteiger partial charge in [-0.1, -0.05) is 11.3 Å². The molecule has 0 amide bonds. The second kappa shape index (κ2) is 5.64. The Morgan fingerprint density at radius 2 is 2.10 bits per heavy atom. The first kappa shape index (κ1) is 15.2. The van der Waals surface area contributed by atoms with Crippen LogP contribution in [0.5, 0.6) is 0 Å². The molecule has 0 aliphatic carbocycles. The third-order valence-corrected chi connectivity index (χ3v) is 6.57. The molecular formula is C10H15N3O5S2. The summed E-state index contributed by atoms with van der Waals surface area (Å²) in [5.74, 6) is 0. The number of nitrogens with two attached hydrogens (primary N) is 1. The van der Waals surface area contributed by atoms with Gasteiger partial charge in [0.15, 0.2) is 5.00 Å². The lowest BCUT2D eigenvalue weighted by Gasteiger charge is -2.29. The number of nitrogens with zero attached hydrogens (tertiary/aromatic N) is 2. The summed E-state index contributed by atoms with van der Waals surface area (Å²) in [7, 11) is -2.28. The van der Waals surface area contributed by atoms with E-state index in [1.165, 1.54) is 11.4 Å². The lowest BCUT2D eigenvalue weighted by Crippen LogP contribution is -2.40. The summed E-state index contributed by atoms with van der Waals surface area (Å²) in [6.07, 6.45) is 1.22. The highest BCUT2D eigenvalue weighted by molar-refractivity contribution is 7.91. The van der Waals surface area contributed by atoms with Crippen LogP contribution in [0, 0.1) is 10.1 Å². The Hall–Kier alpha value is -1.23. The molecule has 0 atom stereocenters. The van der Waals surface area contributed by atoms with Crippen LogP contribution in [0.1, 0.15) is 12.8 Å². The van der Waals surface area contributed by atoms with Crippen LogP contribution in [0.25, 0.3) is 0 Å². The van der Waals surface area contributed by atoms with Crippen molar-refractivity contribution in [2.75, 3.05) is 26.0 Å². The molecule has 0 radical (unpaired) electrons. The molecule has 1 aromatic rings. The molecule has 1 fully saturated rings. The number of hydrogen-bond acceptors (Lipinski definition) is 7. The molecule has 1 saturated heterocycles. The first-order valence-electron chi connectivity index (χ1n) is 5.93. The Morgan fingerprint density at radius 1 is 1.50 bits per heavy atom. The highest BCUT2D eigenvalue weighted by atomic mass is 32.2. The maximum Gasteiger partial charge on any atom is 0.304 e. The van der Waals surface area contributed by atoms with E-state index in [9.17, 15) is 18.5 Å². The Kier molecular flexibility index (Phi) is 4.28. The molecule has 20 heavy (non-hydrogen) atoms. The monoisotopic (exact) mass is 321 g/mol. The highest BCUT2D eigenvalue weighted by Crippen LogP contribution is 2.36. The van der Waals surface area contributed by atoms with Gasteiger partial charge in [-0.2, -0.15) is 4.31 Å². The van der Waals surface area contributed by atoms with Gasteiger partial charge in [-0.15, -0.1) is 0 Å². The number of nitro groups is 1. The number of sulfonamides is 1. The van der Waals surface area contributed by atoms with E-state index in [1.807, 2.05) is 0 Å². The summed E-state index contributed by atoms with van der Waals surface area (Å²) in [6, 6.07) is 0.863. The quantitative estimate of drug-likeness (QED) is 0.654. The van der Waals surface area contributed by atoms with Crippen molar-refractivity contribution < 1.29 is 18.1 Å². The number of ether oxygens (including phenoxy) is 1. The molecule has 1 aromatic heterocycles. The molecule has 2 heterocycles. The van der Waals surface area contributed by atoms with Gasteiger partial charge in [-0.05, 0) is 12.8 Å². The van der Waals surface area contributed by atoms with Crippen molar-refractivity contribution in [2.24, 2.45) is 0 Å². The van der Waals surface area contributed by atoms with E-state index in [1.54, 1.807) is 0 Å². The van der Waals surface area contributed by atoms with E-state index in [0.29, 0.717) is 26.1 Å². The lowest BCUT2D eigenvalue weighted by atomic mass is 10.1. The molecule has 2 N–H and O–H groups in total. The van der Waals surface area contributed by atoms with E-state index < -0.39 is 14.9 Å². The van der Waals surface area contributed by atoms with E-state index in [0.717, 1.165) is 17.4 Å². The van der Waals surface area contributed by atoms with Gasteiger partial charge in [-0.25, -0.2) is 8.42 Å². The van der Waals surface area contributed by atoms with Crippen molar-refractivity contribution in [2.45, 2.75) is 23.1 Å². The normalized spacial score (nSPS) is 17.5. The van der Waals surface area contributed by atoms with Gasteiger partial charge in [0.25, 0.3) is 10.0 Å². The zero-order valence-corrected chi connectivity index (χ0v) is 12.4. The standard InChI is InChI=1S/C10H15N3O5S2/c1-12(7-2-4-18-5-3-7)20(16,17)9-6-8(13(14)15)10(11)19-9/h6-7H,2-5,11H2,1H3. The van der Waals surface area contributed by atoms with Crippen molar-refractivity contribution in [3.8, 4) is 0 Å². The topological polar surface area (TPSA) is 116 Å². The zero-order chi connectivity index (χ0) is 14.9. The minimum atomic E-state index is -3.76. The SMILES string of the molecule is CN(C1CCOCC1)S(=O)(=O)c1cc([N+](=O)[O-])c(N)s1. The molecule has 0 spiro atoms. The predicted octanol–water partition coefficient (Wildman–Crippen LogP) is 1.04. The fourth-order valence-electron chi connectivity index (χ4n) is 2.03. The molecule has 1 aliphatic heterocycles. The zero-order valence-electron chi connectivity index (χ0n) is 10.8. The summed E-state index contributed by atoms with van der Waals surface area (Å²) in [6.45, 7) is 1.02. The van der Waals surface area contributed by atoms with Gasteiger partial charge in [0.2, 0.25) is 0 Å². The lowest BCUT2D eigenvalue weighted by molar-refractivity contribution is -0.383. The van der Waals surface area contributed by atoms with Crippen LogP contribution in [0.3, 0.4) is 0 Å². The third kappa shape index (κ3) is 2.77. The highest BCUT2D eigenvalue weighted by Gasteiger charge is 2.33. The molecule has 0 aromatic carbocycles. The molecule has 0 unspecified atom stereocenters. The van der Waals surface area contributed by atoms with E-state index in [4.69, 9.17) is 10.5 Å². The molecular weight excluding hydrogens is 306 g/mol. The van der Waals surface area contributed by atoms with Crippen molar-refractivity contribution in [1.82, 2.24) is 4.31 Å². The smallest absolute Gasteiger partial charge is 0.304 e. The van der Waals surface area contributed by atoms with Crippen LogP contribution in [0.4, 0.5) is 10.7 Å². The van der Waals surface area contributed by atoms with Crippen LogP contribution in [-0.4, -0.2) is 43.9 Å². The minimum absolute atomic E-state index is 0.101. The number of hydrogen-bond donors (Lipinski definition) is 1. The first-order chi connectivity index (χ1) is 9.34. The van der Waals surface area contributed by atoms with Gasteiger partial charge in [-0.3, -0.25) is 10.1 Å². The largest absolute Gasteiger partial charge is 0.385 e. The van der Waals surface area contributed by atoms with Crippen LogP contribution in [0.2, 0.25) is 0 Å².